The summed E-state index contributed by atoms with van der Waals surface area (Å²) in [5.41, 5.74) is -0.453. The molecule has 3 rings (SSSR count). The van der Waals surface area contributed by atoms with E-state index < -0.39 is 5.41 Å². The summed E-state index contributed by atoms with van der Waals surface area (Å²) in [6.45, 7) is 11.1. The van der Waals surface area contributed by atoms with Crippen LogP contribution in [-0.2, 0) is 19.1 Å². The highest BCUT2D eigenvalue weighted by Gasteiger charge is 2.54. The quantitative estimate of drug-likeness (QED) is 0.712. The van der Waals surface area contributed by atoms with E-state index in [2.05, 4.69) is 18.7 Å². The van der Waals surface area contributed by atoms with Crippen molar-refractivity contribution in [2.24, 2.45) is 17.3 Å². The average molecular weight is 367 g/mol. The Labute approximate surface area is 157 Å². The number of carbonyl (C=O) groups is 2. The summed E-state index contributed by atoms with van der Waals surface area (Å²) >= 11 is 0. The lowest BCUT2D eigenvalue weighted by Crippen LogP contribution is -2.45. The summed E-state index contributed by atoms with van der Waals surface area (Å²) in [5, 5.41) is 0. The molecule has 3 aliphatic rings. The molecule has 3 aliphatic heterocycles. The number of likely N-dealkylation sites (tertiary alicyclic amines) is 2. The molecule has 6 heteroatoms. The molecule has 0 unspecified atom stereocenters. The second-order valence-corrected chi connectivity index (χ2v) is 8.37. The lowest BCUT2D eigenvalue weighted by Gasteiger charge is -2.33. The molecule has 6 nitrogen and oxygen atoms in total. The Hall–Kier alpha value is -1.14. The Morgan fingerprint density at radius 3 is 2.62 bits per heavy atom. The Morgan fingerprint density at radius 1 is 1.23 bits per heavy atom. The second-order valence-electron chi connectivity index (χ2n) is 8.37. The first kappa shape index (κ1) is 19.6. The molecule has 26 heavy (non-hydrogen) atoms. The molecule has 0 N–H and O–H groups in total. The first-order valence-electron chi connectivity index (χ1n) is 10.3. The molecule has 3 heterocycles. The second kappa shape index (κ2) is 8.26. The van der Waals surface area contributed by atoms with Gasteiger partial charge >= 0.3 is 5.97 Å². The van der Waals surface area contributed by atoms with Gasteiger partial charge in [-0.15, -0.1) is 0 Å². The fourth-order valence-corrected chi connectivity index (χ4v) is 4.88. The molecule has 0 radical (unpaired) electrons. The molecule has 0 aliphatic carbocycles. The van der Waals surface area contributed by atoms with Crippen molar-refractivity contribution in [1.29, 1.82) is 0 Å². The molecule has 0 bridgehead atoms. The van der Waals surface area contributed by atoms with E-state index in [-0.39, 0.29) is 23.7 Å². The van der Waals surface area contributed by atoms with Gasteiger partial charge in [-0.2, -0.15) is 0 Å². The van der Waals surface area contributed by atoms with Crippen LogP contribution in [0.25, 0.3) is 0 Å². The van der Waals surface area contributed by atoms with Crippen molar-refractivity contribution in [2.75, 3.05) is 46.0 Å². The summed E-state index contributed by atoms with van der Waals surface area (Å²) in [4.78, 5) is 30.4. The van der Waals surface area contributed by atoms with Gasteiger partial charge in [-0.3, -0.25) is 14.5 Å². The molecule has 148 valence electrons. The van der Waals surface area contributed by atoms with Gasteiger partial charge in [0.1, 0.15) is 0 Å². The number of carbonyl (C=O) groups excluding carboxylic acids is 2. The number of hydrogen-bond acceptors (Lipinski definition) is 5. The van der Waals surface area contributed by atoms with Crippen molar-refractivity contribution in [3.63, 3.8) is 0 Å². The molecule has 0 aromatic carbocycles. The van der Waals surface area contributed by atoms with Gasteiger partial charge in [-0.1, -0.05) is 0 Å². The van der Waals surface area contributed by atoms with Crippen LogP contribution in [0.1, 0.15) is 46.5 Å². The number of nitrogens with zero attached hydrogens (tertiary/aromatic N) is 2. The fraction of sp³-hybridized carbons (Fsp3) is 0.900. The van der Waals surface area contributed by atoms with Gasteiger partial charge in [0.25, 0.3) is 0 Å². The first-order chi connectivity index (χ1) is 12.5. The van der Waals surface area contributed by atoms with E-state index in [0.29, 0.717) is 32.4 Å². The minimum absolute atomic E-state index is 0.0616. The van der Waals surface area contributed by atoms with Crippen LogP contribution in [0, 0.1) is 17.3 Å². The Balaban J connectivity index is 1.78. The predicted molar refractivity (Wildman–Crippen MR) is 98.6 cm³/mol. The zero-order valence-electron chi connectivity index (χ0n) is 16.5. The van der Waals surface area contributed by atoms with E-state index in [1.807, 2.05) is 11.8 Å². The lowest BCUT2D eigenvalue weighted by molar-refractivity contribution is -0.158. The highest BCUT2D eigenvalue weighted by atomic mass is 16.5. The van der Waals surface area contributed by atoms with Gasteiger partial charge < -0.3 is 14.4 Å². The number of rotatable bonds is 4. The molecule has 0 spiro atoms. The standard InChI is InChI=1S/C20H34N2O4/c1-4-26-19(24)20-8-5-9-21(18(23)16-6-10-25-11-7-16)12-17(20)13-22(14-20)15(2)3/h15-17H,4-14H2,1-3H3/t17-,20-/m1/s1. The Kier molecular flexibility index (Phi) is 6.23. The maximum Gasteiger partial charge on any atom is 0.313 e. The summed E-state index contributed by atoms with van der Waals surface area (Å²) in [6.07, 6.45) is 3.33. The van der Waals surface area contributed by atoms with E-state index >= 15 is 0 Å². The van der Waals surface area contributed by atoms with Crippen molar-refractivity contribution in [1.82, 2.24) is 9.80 Å². The smallest absolute Gasteiger partial charge is 0.313 e. The summed E-state index contributed by atoms with van der Waals surface area (Å²) in [6, 6.07) is 0.396. The van der Waals surface area contributed by atoms with E-state index in [0.717, 1.165) is 45.3 Å². The van der Waals surface area contributed by atoms with Crippen LogP contribution in [0.2, 0.25) is 0 Å². The van der Waals surface area contributed by atoms with E-state index in [1.54, 1.807) is 0 Å². The Bertz CT molecular complexity index is 518. The maximum absolute atomic E-state index is 13.1. The van der Waals surface area contributed by atoms with E-state index in [4.69, 9.17) is 9.47 Å². The molecule has 3 fully saturated rings. The van der Waals surface area contributed by atoms with Crippen LogP contribution in [0.5, 0.6) is 0 Å². The van der Waals surface area contributed by atoms with Crippen LogP contribution in [-0.4, -0.2) is 73.7 Å². The normalized spacial score (nSPS) is 30.9. The molecule has 0 aromatic heterocycles. The fourth-order valence-electron chi connectivity index (χ4n) is 4.88. The van der Waals surface area contributed by atoms with Crippen LogP contribution in [0.4, 0.5) is 0 Å². The van der Waals surface area contributed by atoms with Crippen LogP contribution in [0.3, 0.4) is 0 Å². The van der Waals surface area contributed by atoms with Gasteiger partial charge in [-0.25, -0.2) is 0 Å². The zero-order chi connectivity index (χ0) is 18.7. The number of esters is 1. The predicted octanol–water partition coefficient (Wildman–Crippen LogP) is 1.93. The third kappa shape index (κ3) is 3.77. The van der Waals surface area contributed by atoms with E-state index in [1.165, 1.54) is 0 Å². The molecule has 0 aromatic rings. The summed E-state index contributed by atoms with van der Waals surface area (Å²) in [5.74, 6) is 0.446. The van der Waals surface area contributed by atoms with Crippen molar-refractivity contribution < 1.29 is 19.1 Å². The number of fused-ring (bicyclic) bond motifs is 1. The maximum atomic E-state index is 13.1. The van der Waals surface area contributed by atoms with Gasteiger partial charge in [0.2, 0.25) is 5.91 Å². The first-order valence-corrected chi connectivity index (χ1v) is 10.3. The van der Waals surface area contributed by atoms with Gasteiger partial charge in [0, 0.05) is 57.3 Å². The van der Waals surface area contributed by atoms with Gasteiger partial charge in [0.05, 0.1) is 12.0 Å². The largest absolute Gasteiger partial charge is 0.466 e. The van der Waals surface area contributed by atoms with Crippen LogP contribution < -0.4 is 0 Å². The molecule has 0 saturated carbocycles. The van der Waals surface area contributed by atoms with Crippen molar-refractivity contribution in [3.8, 4) is 0 Å². The van der Waals surface area contributed by atoms with Crippen molar-refractivity contribution >= 4 is 11.9 Å². The van der Waals surface area contributed by atoms with Gasteiger partial charge in [-0.05, 0) is 46.5 Å². The molecular weight excluding hydrogens is 332 g/mol. The molecule has 2 atom stereocenters. The SMILES string of the molecule is CCOC(=O)[C@@]12CCCN(C(=O)C3CCOCC3)C[C@@H]1CN(C(C)C)C2. The number of amides is 1. The summed E-state index contributed by atoms with van der Waals surface area (Å²) < 4.78 is 10.9. The van der Waals surface area contributed by atoms with Crippen molar-refractivity contribution in [2.45, 2.75) is 52.5 Å². The number of hydrogen-bond donors (Lipinski definition) is 0. The minimum atomic E-state index is -0.453. The van der Waals surface area contributed by atoms with Crippen LogP contribution >= 0.6 is 0 Å². The molecular formula is C20H34N2O4. The highest BCUT2D eigenvalue weighted by Crippen LogP contribution is 2.44. The van der Waals surface area contributed by atoms with Gasteiger partial charge in [0.15, 0.2) is 0 Å². The average Bonchev–Trinajstić information content (AvgIpc) is 2.91. The molecule has 3 saturated heterocycles. The third-order valence-electron chi connectivity index (χ3n) is 6.51. The van der Waals surface area contributed by atoms with E-state index in [9.17, 15) is 9.59 Å². The summed E-state index contributed by atoms with van der Waals surface area (Å²) in [7, 11) is 0. The minimum Gasteiger partial charge on any atom is -0.466 e. The zero-order valence-corrected chi connectivity index (χ0v) is 16.5. The highest BCUT2D eigenvalue weighted by molar-refractivity contribution is 5.80. The van der Waals surface area contributed by atoms with Crippen molar-refractivity contribution in [3.05, 3.63) is 0 Å². The molecule has 1 amide bonds. The number of ether oxygens (including phenoxy) is 2. The third-order valence-corrected chi connectivity index (χ3v) is 6.51. The van der Waals surface area contributed by atoms with Crippen LogP contribution in [0.15, 0.2) is 0 Å². The topological polar surface area (TPSA) is 59.1 Å². The lowest BCUT2D eigenvalue weighted by atomic mass is 9.75. The Morgan fingerprint density at radius 2 is 1.96 bits per heavy atom. The monoisotopic (exact) mass is 366 g/mol.